The van der Waals surface area contributed by atoms with Crippen LogP contribution < -0.4 is 0 Å². The zero-order valence-corrected chi connectivity index (χ0v) is 17.8. The Hall–Kier alpha value is 0.802. The van der Waals surface area contributed by atoms with Crippen molar-refractivity contribution in [1.82, 2.24) is 0 Å². The first-order valence-electron chi connectivity index (χ1n) is 8.19. The Kier molecular flexibility index (Phi) is 17.6. The summed E-state index contributed by atoms with van der Waals surface area (Å²) in [6.07, 6.45) is 10.9. The van der Waals surface area contributed by atoms with Crippen LogP contribution in [0.3, 0.4) is 0 Å². The third-order valence-electron chi connectivity index (χ3n) is 3.01. The van der Waals surface area contributed by atoms with E-state index in [1.807, 2.05) is 0 Å². The number of rotatable bonds is 15. The van der Waals surface area contributed by atoms with E-state index in [1.165, 1.54) is 38.5 Å². The minimum atomic E-state index is -2.71. The van der Waals surface area contributed by atoms with Gasteiger partial charge in [-0.1, -0.05) is 0 Å². The molecule has 19 heavy (non-hydrogen) atoms. The number of hydrogen-bond acceptors (Lipinski definition) is 3. The molecular formula is C15H33O3Tl. The van der Waals surface area contributed by atoms with Crippen LogP contribution in [-0.2, 0) is 8.06 Å². The van der Waals surface area contributed by atoms with Gasteiger partial charge in [0.05, 0.1) is 0 Å². The van der Waals surface area contributed by atoms with E-state index in [-0.39, 0.29) is 0 Å². The van der Waals surface area contributed by atoms with E-state index in [4.69, 9.17) is 8.06 Å². The fourth-order valence-corrected chi connectivity index (χ4v) is 7.05. The van der Waals surface area contributed by atoms with Gasteiger partial charge in [-0.2, -0.15) is 0 Å². The van der Waals surface area contributed by atoms with Crippen LogP contribution in [0, 0.1) is 0 Å². The molecule has 0 atom stereocenters. The summed E-state index contributed by atoms with van der Waals surface area (Å²) >= 11 is -2.71. The van der Waals surface area contributed by atoms with E-state index in [2.05, 4.69) is 20.8 Å². The van der Waals surface area contributed by atoms with E-state index in [0.29, 0.717) is 0 Å². The predicted octanol–water partition coefficient (Wildman–Crippen LogP) is 4.59. The van der Waals surface area contributed by atoms with Gasteiger partial charge in [-0.25, -0.2) is 0 Å². The summed E-state index contributed by atoms with van der Waals surface area (Å²) in [5.41, 5.74) is 0. The molecule has 0 amide bonds. The second-order valence-electron chi connectivity index (χ2n) is 5.02. The quantitative estimate of drug-likeness (QED) is 0.261. The summed E-state index contributed by atoms with van der Waals surface area (Å²) < 4.78 is 17.6. The van der Waals surface area contributed by atoms with E-state index in [1.54, 1.807) is 0 Å². The van der Waals surface area contributed by atoms with Crippen LogP contribution >= 0.6 is 0 Å². The normalized spacial score (nSPS) is 10.9. The average Bonchev–Trinajstić information content (AvgIpc) is 2.43. The second-order valence-corrected chi connectivity index (χ2v) is 11.2. The number of unbranched alkanes of at least 4 members (excludes halogenated alkanes) is 6. The van der Waals surface area contributed by atoms with Crippen molar-refractivity contribution in [2.45, 2.75) is 78.6 Å². The zero-order valence-electron chi connectivity index (χ0n) is 13.3. The van der Waals surface area contributed by atoms with Crippen molar-refractivity contribution < 1.29 is 8.06 Å². The second kappa shape index (κ2) is 16.9. The van der Waals surface area contributed by atoms with Gasteiger partial charge in [0, 0.05) is 0 Å². The van der Waals surface area contributed by atoms with Crippen LogP contribution in [0.25, 0.3) is 0 Å². The molecule has 0 radical (unpaired) electrons. The first-order valence-corrected chi connectivity index (χ1v) is 13.7. The van der Waals surface area contributed by atoms with Crippen molar-refractivity contribution in [1.29, 1.82) is 0 Å². The average molecular weight is 466 g/mol. The van der Waals surface area contributed by atoms with Crippen molar-refractivity contribution in [2.75, 3.05) is 19.8 Å². The summed E-state index contributed by atoms with van der Waals surface area (Å²) in [5, 5.41) is 0. The molecule has 0 rings (SSSR count). The van der Waals surface area contributed by atoms with Crippen LogP contribution in [-0.4, -0.2) is 43.9 Å². The van der Waals surface area contributed by atoms with Gasteiger partial charge in [0.2, 0.25) is 0 Å². The molecule has 0 aromatic heterocycles. The fraction of sp³-hybridized carbons (Fsp3) is 1.00. The molecule has 0 heterocycles. The molecule has 0 unspecified atom stereocenters. The topological polar surface area (TPSA) is 27.7 Å². The summed E-state index contributed by atoms with van der Waals surface area (Å²) in [6.45, 7) is 9.14. The Balaban J connectivity index is 3.66. The monoisotopic (exact) mass is 466 g/mol. The first-order chi connectivity index (χ1) is 9.35. The Morgan fingerprint density at radius 1 is 0.526 bits per heavy atom. The van der Waals surface area contributed by atoms with Gasteiger partial charge in [-0.05, 0) is 0 Å². The summed E-state index contributed by atoms with van der Waals surface area (Å²) in [6, 6.07) is 0. The van der Waals surface area contributed by atoms with Gasteiger partial charge >= 0.3 is 131 Å². The fourth-order valence-electron chi connectivity index (χ4n) is 1.74. The van der Waals surface area contributed by atoms with Crippen LogP contribution in [0.1, 0.15) is 78.6 Å². The van der Waals surface area contributed by atoms with E-state index >= 15 is 0 Å². The molecule has 0 saturated heterocycles. The molecule has 3 nitrogen and oxygen atoms in total. The summed E-state index contributed by atoms with van der Waals surface area (Å²) in [5.74, 6) is 0. The van der Waals surface area contributed by atoms with Gasteiger partial charge in [0.15, 0.2) is 0 Å². The standard InChI is InChI=1S/3C5H11O.Tl/c3*1-2-3-4-5-6;/h3*2-5H2,1H3;/q3*-1;+3. The molecule has 0 aliphatic rings. The van der Waals surface area contributed by atoms with Crippen LogP contribution in [0.2, 0.25) is 0 Å². The Morgan fingerprint density at radius 3 is 1.11 bits per heavy atom. The van der Waals surface area contributed by atoms with Crippen LogP contribution in [0.5, 0.6) is 0 Å². The maximum atomic E-state index is 5.88. The third-order valence-corrected chi connectivity index (χ3v) is 8.93. The molecule has 0 saturated carbocycles. The van der Waals surface area contributed by atoms with Crippen molar-refractivity contribution in [3.8, 4) is 0 Å². The SMILES string of the molecule is CCCCC[O][Tl]([O]CCCCC)[O]CCCCC. The molecule has 0 aromatic rings. The molecule has 0 aromatic carbocycles. The molecule has 0 fully saturated rings. The van der Waals surface area contributed by atoms with Crippen LogP contribution in [0.15, 0.2) is 0 Å². The summed E-state index contributed by atoms with van der Waals surface area (Å²) in [7, 11) is 0. The molecule has 0 N–H and O–H groups in total. The third kappa shape index (κ3) is 15.0. The molecule has 4 heteroatoms. The van der Waals surface area contributed by atoms with Gasteiger partial charge in [-0.3, -0.25) is 0 Å². The van der Waals surface area contributed by atoms with Gasteiger partial charge < -0.3 is 0 Å². The van der Waals surface area contributed by atoms with E-state index in [0.717, 1.165) is 39.1 Å². The first kappa shape index (κ1) is 19.8. The molecule has 0 spiro atoms. The van der Waals surface area contributed by atoms with E-state index < -0.39 is 24.1 Å². The Morgan fingerprint density at radius 2 is 0.842 bits per heavy atom. The number of hydrogen-bond donors (Lipinski definition) is 0. The predicted molar refractivity (Wildman–Crippen MR) is 82.2 cm³/mol. The van der Waals surface area contributed by atoms with E-state index in [9.17, 15) is 0 Å². The van der Waals surface area contributed by atoms with Crippen molar-refractivity contribution in [3.05, 3.63) is 0 Å². The molecule has 0 aliphatic heterocycles. The van der Waals surface area contributed by atoms with Crippen molar-refractivity contribution in [3.63, 3.8) is 0 Å². The van der Waals surface area contributed by atoms with Crippen LogP contribution in [0.4, 0.5) is 0 Å². The molecule has 0 aliphatic carbocycles. The van der Waals surface area contributed by atoms with Gasteiger partial charge in [0.25, 0.3) is 0 Å². The molecular weight excluding hydrogens is 433 g/mol. The van der Waals surface area contributed by atoms with Crippen molar-refractivity contribution >= 4 is 24.1 Å². The summed E-state index contributed by atoms with van der Waals surface area (Å²) in [4.78, 5) is 0. The van der Waals surface area contributed by atoms with Crippen molar-refractivity contribution in [2.24, 2.45) is 0 Å². The zero-order chi connectivity index (χ0) is 14.2. The van der Waals surface area contributed by atoms with Gasteiger partial charge in [-0.15, -0.1) is 0 Å². The Bertz CT molecular complexity index is 139. The Labute approximate surface area is 130 Å². The van der Waals surface area contributed by atoms with Gasteiger partial charge in [0.1, 0.15) is 0 Å². The molecule has 0 bridgehead atoms. The maximum absolute atomic E-state index is 5.88. The molecule has 114 valence electrons. The minimum absolute atomic E-state index is 0.835.